The summed E-state index contributed by atoms with van der Waals surface area (Å²) in [6, 6.07) is 11.2. The van der Waals surface area contributed by atoms with Crippen molar-refractivity contribution in [2.75, 3.05) is 33.5 Å². The smallest absolute Gasteiger partial charge is 0.247 e. The number of carbonyl (C=O) groups excluding carboxylic acids is 1. The molecule has 0 aliphatic carbocycles. The van der Waals surface area contributed by atoms with Gasteiger partial charge in [0.2, 0.25) is 26.0 Å². The molecule has 0 spiro atoms. The third-order valence-corrected chi connectivity index (χ3v) is 6.84. The van der Waals surface area contributed by atoms with Gasteiger partial charge in [0.05, 0.1) is 23.9 Å². The number of anilines is 3. The van der Waals surface area contributed by atoms with E-state index in [0.29, 0.717) is 22.1 Å². The zero-order chi connectivity index (χ0) is 22.0. The van der Waals surface area contributed by atoms with Crippen molar-refractivity contribution in [1.82, 2.24) is 0 Å². The lowest BCUT2D eigenvalue weighted by Gasteiger charge is -2.28. The monoisotopic (exact) mass is 459 g/mol. The Labute approximate surface area is 176 Å². The third kappa shape index (κ3) is 5.84. The molecule has 0 aliphatic heterocycles. The summed E-state index contributed by atoms with van der Waals surface area (Å²) in [4.78, 5) is 12.7. The lowest BCUT2D eigenvalue weighted by molar-refractivity contribution is -0.116. The van der Waals surface area contributed by atoms with Crippen molar-refractivity contribution in [3.05, 3.63) is 53.6 Å². The van der Waals surface area contributed by atoms with Crippen LogP contribution >= 0.6 is 11.6 Å². The van der Waals surface area contributed by atoms with Crippen molar-refractivity contribution in [3.63, 3.8) is 0 Å². The average molecular weight is 460 g/mol. The Bertz CT molecular complexity index is 1100. The zero-order valence-electron chi connectivity index (χ0n) is 16.3. The summed E-state index contributed by atoms with van der Waals surface area (Å²) in [5.74, 6) is -0.579. The molecule has 0 aliphatic rings. The van der Waals surface area contributed by atoms with Crippen molar-refractivity contribution in [2.45, 2.75) is 13.0 Å². The fraction of sp³-hybridized carbons (Fsp3) is 0.278. The normalized spacial score (nSPS) is 12.9. The topological polar surface area (TPSA) is 104 Å². The average Bonchev–Trinajstić information content (AvgIpc) is 2.61. The molecule has 0 radical (unpaired) electrons. The summed E-state index contributed by atoms with van der Waals surface area (Å²) in [6.07, 6.45) is 2.07. The lowest BCUT2D eigenvalue weighted by atomic mass is 10.2. The maximum absolute atomic E-state index is 12.7. The van der Waals surface area contributed by atoms with E-state index in [1.165, 1.54) is 44.3 Å². The number of nitrogens with one attached hydrogen (secondary N) is 1. The maximum atomic E-state index is 12.7. The molecule has 0 fully saturated rings. The molecule has 1 N–H and O–H groups in total. The van der Waals surface area contributed by atoms with E-state index in [0.717, 1.165) is 21.1 Å². The molecule has 2 aromatic carbocycles. The van der Waals surface area contributed by atoms with Crippen molar-refractivity contribution in [1.29, 1.82) is 0 Å². The highest BCUT2D eigenvalue weighted by Gasteiger charge is 2.29. The van der Waals surface area contributed by atoms with Crippen LogP contribution in [0.1, 0.15) is 6.92 Å². The molecule has 158 valence electrons. The Morgan fingerprint density at radius 1 is 0.966 bits per heavy atom. The molecule has 0 saturated carbocycles. The molecule has 0 saturated heterocycles. The molecule has 2 rings (SSSR count). The Morgan fingerprint density at radius 2 is 1.55 bits per heavy atom. The summed E-state index contributed by atoms with van der Waals surface area (Å²) in [5.41, 5.74) is 0.986. The molecule has 1 atom stereocenters. The highest BCUT2D eigenvalue weighted by molar-refractivity contribution is 7.92. The molecule has 1 unspecified atom stereocenters. The van der Waals surface area contributed by atoms with Crippen molar-refractivity contribution < 1.29 is 21.6 Å². The van der Waals surface area contributed by atoms with Gasteiger partial charge in [0, 0.05) is 17.8 Å². The summed E-state index contributed by atoms with van der Waals surface area (Å²) >= 11 is 5.86. The van der Waals surface area contributed by atoms with E-state index in [1.807, 2.05) is 0 Å². The Kier molecular flexibility index (Phi) is 6.82. The van der Waals surface area contributed by atoms with Crippen LogP contribution in [0.25, 0.3) is 0 Å². The Morgan fingerprint density at radius 3 is 2.07 bits per heavy atom. The van der Waals surface area contributed by atoms with Crippen LogP contribution < -0.4 is 13.9 Å². The van der Waals surface area contributed by atoms with Crippen LogP contribution in [-0.2, 0) is 24.8 Å². The van der Waals surface area contributed by atoms with E-state index >= 15 is 0 Å². The Balaban J connectivity index is 2.30. The van der Waals surface area contributed by atoms with Crippen LogP contribution in [-0.4, -0.2) is 48.3 Å². The number of rotatable bonds is 7. The van der Waals surface area contributed by atoms with Gasteiger partial charge in [-0.3, -0.25) is 13.4 Å². The summed E-state index contributed by atoms with van der Waals surface area (Å²) < 4.78 is 50.1. The molecule has 0 aromatic heterocycles. The second-order valence-electron chi connectivity index (χ2n) is 6.48. The van der Waals surface area contributed by atoms with Crippen LogP contribution in [0.4, 0.5) is 17.1 Å². The summed E-state index contributed by atoms with van der Waals surface area (Å²) in [7, 11) is -5.84. The number of carbonyl (C=O) groups is 1. The molecule has 29 heavy (non-hydrogen) atoms. The van der Waals surface area contributed by atoms with Gasteiger partial charge in [0.25, 0.3) is 0 Å². The number of benzene rings is 2. The fourth-order valence-corrected chi connectivity index (χ4v) is 4.41. The quantitative estimate of drug-likeness (QED) is 0.685. The van der Waals surface area contributed by atoms with Crippen molar-refractivity contribution in [3.8, 4) is 0 Å². The van der Waals surface area contributed by atoms with Gasteiger partial charge in [-0.1, -0.05) is 17.7 Å². The van der Waals surface area contributed by atoms with Crippen LogP contribution in [0.5, 0.6) is 0 Å². The molecule has 2 aromatic rings. The molecule has 1 amide bonds. The van der Waals surface area contributed by atoms with Crippen LogP contribution in [0.15, 0.2) is 48.5 Å². The highest BCUT2D eigenvalue weighted by Crippen LogP contribution is 2.25. The number of hydrogen-bond acceptors (Lipinski definition) is 5. The van der Waals surface area contributed by atoms with Crippen LogP contribution in [0, 0.1) is 0 Å². The van der Waals surface area contributed by atoms with Gasteiger partial charge in [-0.2, -0.15) is 0 Å². The standard InChI is InChI=1S/C18H22ClN3O5S2/c1-13(22(29(4,26)27)16-10-8-14(19)9-11-16)18(23)20-15-6-5-7-17(12-15)21(2)28(3,24)25/h5-13H,1-4H3,(H,20,23). The van der Waals surface area contributed by atoms with Crippen molar-refractivity contribution in [2.24, 2.45) is 0 Å². The predicted octanol–water partition coefficient (Wildman–Crippen LogP) is 2.53. The van der Waals surface area contributed by atoms with Gasteiger partial charge in [0.1, 0.15) is 6.04 Å². The fourth-order valence-electron chi connectivity index (χ4n) is 2.61. The first-order valence-electron chi connectivity index (χ1n) is 8.40. The molecule has 8 nitrogen and oxygen atoms in total. The van der Waals surface area contributed by atoms with Crippen LogP contribution in [0.2, 0.25) is 5.02 Å². The number of sulfonamides is 2. The first-order valence-corrected chi connectivity index (χ1v) is 12.5. The number of amides is 1. The molecule has 0 bridgehead atoms. The minimum atomic E-state index is -3.77. The van der Waals surface area contributed by atoms with E-state index in [-0.39, 0.29) is 0 Å². The van der Waals surface area contributed by atoms with Gasteiger partial charge in [-0.15, -0.1) is 0 Å². The predicted molar refractivity (Wildman–Crippen MR) is 117 cm³/mol. The van der Waals surface area contributed by atoms with E-state index in [2.05, 4.69) is 5.32 Å². The summed E-state index contributed by atoms with van der Waals surface area (Å²) in [5, 5.41) is 3.07. The third-order valence-electron chi connectivity index (χ3n) is 4.14. The summed E-state index contributed by atoms with van der Waals surface area (Å²) in [6.45, 7) is 1.46. The number of hydrogen-bond donors (Lipinski definition) is 1. The van der Waals surface area contributed by atoms with E-state index < -0.39 is 32.0 Å². The van der Waals surface area contributed by atoms with Gasteiger partial charge in [0.15, 0.2) is 0 Å². The van der Waals surface area contributed by atoms with E-state index in [9.17, 15) is 21.6 Å². The first kappa shape index (κ1) is 23.0. The highest BCUT2D eigenvalue weighted by atomic mass is 35.5. The van der Waals surface area contributed by atoms with E-state index in [1.54, 1.807) is 18.2 Å². The minimum Gasteiger partial charge on any atom is -0.324 e. The second kappa shape index (κ2) is 8.60. The molecular formula is C18H22ClN3O5S2. The SMILES string of the molecule is CC(C(=O)Nc1cccc(N(C)S(C)(=O)=O)c1)N(c1ccc(Cl)cc1)S(C)(=O)=O. The van der Waals surface area contributed by atoms with Gasteiger partial charge < -0.3 is 5.32 Å². The van der Waals surface area contributed by atoms with E-state index in [4.69, 9.17) is 11.6 Å². The number of nitrogens with zero attached hydrogens (tertiary/aromatic N) is 2. The Hall–Kier alpha value is -2.30. The lowest BCUT2D eigenvalue weighted by Crippen LogP contribution is -2.45. The largest absolute Gasteiger partial charge is 0.324 e. The van der Waals surface area contributed by atoms with Gasteiger partial charge in [-0.05, 0) is 49.4 Å². The van der Waals surface area contributed by atoms with Crippen molar-refractivity contribution >= 4 is 54.6 Å². The zero-order valence-corrected chi connectivity index (χ0v) is 18.7. The molecular weight excluding hydrogens is 438 g/mol. The molecule has 0 heterocycles. The second-order valence-corrected chi connectivity index (χ2v) is 10.8. The van der Waals surface area contributed by atoms with Gasteiger partial charge in [-0.25, -0.2) is 16.8 Å². The first-order chi connectivity index (χ1) is 13.3. The van der Waals surface area contributed by atoms with Crippen LogP contribution in [0.3, 0.4) is 0 Å². The minimum absolute atomic E-state index is 0.296. The van der Waals surface area contributed by atoms with Gasteiger partial charge >= 0.3 is 0 Å². The number of halogens is 1. The molecule has 11 heteroatoms. The maximum Gasteiger partial charge on any atom is 0.247 e.